The number of nitrogens with one attached hydrogen (secondary N) is 1. The number of hydrogen-bond donors (Lipinski definition) is 1. The molecule has 0 spiro atoms. The zero-order valence-electron chi connectivity index (χ0n) is 13.6. The van der Waals surface area contributed by atoms with Crippen LogP contribution in [0.3, 0.4) is 0 Å². The van der Waals surface area contributed by atoms with E-state index in [0.29, 0.717) is 17.8 Å². The van der Waals surface area contributed by atoms with E-state index < -0.39 is 0 Å². The summed E-state index contributed by atoms with van der Waals surface area (Å²) in [5, 5.41) is 6.82. The summed E-state index contributed by atoms with van der Waals surface area (Å²) in [7, 11) is 1.75. The van der Waals surface area contributed by atoms with Gasteiger partial charge in [0.1, 0.15) is 11.5 Å². The Morgan fingerprint density at radius 3 is 2.59 bits per heavy atom. The summed E-state index contributed by atoms with van der Waals surface area (Å²) in [6.45, 7) is 7.72. The highest BCUT2D eigenvalue weighted by Crippen LogP contribution is 2.22. The highest BCUT2D eigenvalue weighted by Gasteiger charge is 2.19. The standard InChI is InChI=1S/C16H21N3O3/c1-9(15-10(2)18-22-12(15)4)7-17-16(21)14-6-13(11(3)20)8-19(14)5/h6,8-9H,7H2,1-5H3,(H,17,21). The molecule has 118 valence electrons. The Kier molecular flexibility index (Phi) is 4.49. The van der Waals surface area contributed by atoms with Gasteiger partial charge in [-0.1, -0.05) is 12.1 Å². The van der Waals surface area contributed by atoms with Crippen LogP contribution in [-0.4, -0.2) is 28.0 Å². The zero-order valence-corrected chi connectivity index (χ0v) is 13.6. The minimum Gasteiger partial charge on any atom is -0.361 e. The summed E-state index contributed by atoms with van der Waals surface area (Å²) < 4.78 is 6.81. The third kappa shape index (κ3) is 3.10. The average molecular weight is 303 g/mol. The third-order valence-corrected chi connectivity index (χ3v) is 3.79. The summed E-state index contributed by atoms with van der Waals surface area (Å²) in [5.41, 5.74) is 2.87. The van der Waals surface area contributed by atoms with Gasteiger partial charge in [-0.15, -0.1) is 0 Å². The molecule has 2 aromatic rings. The van der Waals surface area contributed by atoms with E-state index >= 15 is 0 Å². The molecule has 0 aliphatic carbocycles. The van der Waals surface area contributed by atoms with Gasteiger partial charge < -0.3 is 14.4 Å². The third-order valence-electron chi connectivity index (χ3n) is 3.79. The van der Waals surface area contributed by atoms with Crippen LogP contribution in [-0.2, 0) is 7.05 Å². The van der Waals surface area contributed by atoms with E-state index in [1.807, 2.05) is 20.8 Å². The van der Waals surface area contributed by atoms with Gasteiger partial charge in [0.2, 0.25) is 0 Å². The van der Waals surface area contributed by atoms with Crippen LogP contribution in [0.1, 0.15) is 57.6 Å². The molecule has 0 bridgehead atoms. The second-order valence-corrected chi connectivity index (χ2v) is 5.63. The van der Waals surface area contributed by atoms with Crippen LogP contribution >= 0.6 is 0 Å². The van der Waals surface area contributed by atoms with Crippen LogP contribution in [0.5, 0.6) is 0 Å². The van der Waals surface area contributed by atoms with E-state index in [2.05, 4.69) is 10.5 Å². The highest BCUT2D eigenvalue weighted by atomic mass is 16.5. The molecule has 1 atom stereocenters. The van der Waals surface area contributed by atoms with Crippen molar-refractivity contribution in [2.75, 3.05) is 6.54 Å². The molecule has 1 unspecified atom stereocenters. The maximum Gasteiger partial charge on any atom is 0.267 e. The van der Waals surface area contributed by atoms with Gasteiger partial charge in [-0.3, -0.25) is 9.59 Å². The van der Waals surface area contributed by atoms with Gasteiger partial charge in [-0.2, -0.15) is 0 Å². The Hall–Kier alpha value is -2.37. The molecule has 22 heavy (non-hydrogen) atoms. The normalized spacial score (nSPS) is 12.2. The molecule has 6 nitrogen and oxygen atoms in total. The fourth-order valence-corrected chi connectivity index (χ4v) is 2.61. The molecule has 2 rings (SSSR count). The molecule has 2 aromatic heterocycles. The maximum atomic E-state index is 12.3. The Bertz CT molecular complexity index is 693. The summed E-state index contributed by atoms with van der Waals surface area (Å²) in [5.74, 6) is 0.618. The molecule has 0 aromatic carbocycles. The van der Waals surface area contributed by atoms with Crippen LogP contribution in [0.25, 0.3) is 0 Å². The minimum atomic E-state index is -0.200. The minimum absolute atomic E-state index is 0.0567. The number of Topliss-reactive ketones (excluding diaryl/α,β-unsaturated/α-hetero) is 1. The van der Waals surface area contributed by atoms with Crippen LogP contribution in [0.4, 0.5) is 0 Å². The number of hydrogen-bond acceptors (Lipinski definition) is 4. The molecule has 0 fully saturated rings. The van der Waals surface area contributed by atoms with Gasteiger partial charge >= 0.3 is 0 Å². The van der Waals surface area contributed by atoms with Gasteiger partial charge in [0.25, 0.3) is 5.91 Å². The van der Waals surface area contributed by atoms with Crippen LogP contribution in [0.2, 0.25) is 0 Å². The number of ketones is 1. The molecular weight excluding hydrogens is 282 g/mol. The van der Waals surface area contributed by atoms with Gasteiger partial charge in [0.15, 0.2) is 5.78 Å². The first-order valence-corrected chi connectivity index (χ1v) is 7.19. The van der Waals surface area contributed by atoms with E-state index in [1.54, 1.807) is 23.9 Å². The van der Waals surface area contributed by atoms with Gasteiger partial charge in [-0.25, -0.2) is 0 Å². The molecule has 2 heterocycles. The predicted molar refractivity (Wildman–Crippen MR) is 82.1 cm³/mol. The number of carbonyl (C=O) groups excluding carboxylic acids is 2. The van der Waals surface area contributed by atoms with E-state index in [9.17, 15) is 9.59 Å². The van der Waals surface area contributed by atoms with E-state index in [4.69, 9.17) is 4.52 Å². The Labute approximate surface area is 129 Å². The van der Waals surface area contributed by atoms with Crippen LogP contribution in [0.15, 0.2) is 16.8 Å². The zero-order chi connectivity index (χ0) is 16.4. The number of aromatic nitrogens is 2. The molecule has 0 aliphatic rings. The first kappa shape index (κ1) is 16.0. The van der Waals surface area contributed by atoms with Crippen molar-refractivity contribution in [2.24, 2.45) is 7.05 Å². The smallest absolute Gasteiger partial charge is 0.267 e. The van der Waals surface area contributed by atoms with Crippen molar-refractivity contribution in [3.63, 3.8) is 0 Å². The van der Waals surface area contributed by atoms with Crippen molar-refractivity contribution in [1.82, 2.24) is 15.0 Å². The SMILES string of the molecule is CC(=O)c1cc(C(=O)NCC(C)c2c(C)noc2C)n(C)c1. The van der Waals surface area contributed by atoms with Gasteiger partial charge in [0, 0.05) is 36.8 Å². The number of amides is 1. The van der Waals surface area contributed by atoms with Crippen molar-refractivity contribution in [1.29, 1.82) is 0 Å². The molecule has 6 heteroatoms. The number of rotatable bonds is 5. The lowest BCUT2D eigenvalue weighted by atomic mass is 9.99. The summed E-state index contributed by atoms with van der Waals surface area (Å²) in [6.07, 6.45) is 1.66. The largest absolute Gasteiger partial charge is 0.361 e. The fraction of sp³-hybridized carbons (Fsp3) is 0.438. The van der Waals surface area contributed by atoms with E-state index in [0.717, 1.165) is 17.0 Å². The maximum absolute atomic E-state index is 12.3. The summed E-state index contributed by atoms with van der Waals surface area (Å²) in [6, 6.07) is 1.61. The lowest BCUT2D eigenvalue weighted by Crippen LogP contribution is -2.29. The fourth-order valence-electron chi connectivity index (χ4n) is 2.61. The van der Waals surface area contributed by atoms with Gasteiger partial charge in [-0.05, 0) is 26.8 Å². The first-order valence-electron chi connectivity index (χ1n) is 7.19. The molecule has 1 N–H and O–H groups in total. The van der Waals surface area contributed by atoms with E-state index in [-0.39, 0.29) is 17.6 Å². The van der Waals surface area contributed by atoms with Crippen molar-refractivity contribution in [3.05, 3.63) is 40.5 Å². The van der Waals surface area contributed by atoms with Gasteiger partial charge in [0.05, 0.1) is 5.69 Å². The average Bonchev–Trinajstić information content (AvgIpc) is 2.99. The molecule has 0 radical (unpaired) electrons. The second kappa shape index (κ2) is 6.17. The highest BCUT2D eigenvalue weighted by molar-refractivity contribution is 5.99. The lowest BCUT2D eigenvalue weighted by molar-refractivity contribution is 0.0943. The summed E-state index contributed by atoms with van der Waals surface area (Å²) >= 11 is 0. The van der Waals surface area contributed by atoms with Crippen molar-refractivity contribution >= 4 is 11.7 Å². The molecule has 1 amide bonds. The van der Waals surface area contributed by atoms with Crippen molar-refractivity contribution in [3.8, 4) is 0 Å². The quantitative estimate of drug-likeness (QED) is 0.860. The van der Waals surface area contributed by atoms with E-state index in [1.165, 1.54) is 6.92 Å². The lowest BCUT2D eigenvalue weighted by Gasteiger charge is -2.12. The molecular formula is C16H21N3O3. The van der Waals surface area contributed by atoms with Crippen LogP contribution < -0.4 is 5.32 Å². The molecule has 0 aliphatic heterocycles. The second-order valence-electron chi connectivity index (χ2n) is 5.63. The Balaban J connectivity index is 2.05. The van der Waals surface area contributed by atoms with Crippen molar-refractivity contribution < 1.29 is 14.1 Å². The Morgan fingerprint density at radius 1 is 1.41 bits per heavy atom. The Morgan fingerprint density at radius 2 is 2.09 bits per heavy atom. The molecule has 0 saturated carbocycles. The van der Waals surface area contributed by atoms with Crippen LogP contribution in [0, 0.1) is 13.8 Å². The summed E-state index contributed by atoms with van der Waals surface area (Å²) in [4.78, 5) is 23.6. The number of nitrogens with zero attached hydrogens (tertiary/aromatic N) is 2. The topological polar surface area (TPSA) is 77.1 Å². The first-order chi connectivity index (χ1) is 10.3. The number of carbonyl (C=O) groups is 2. The predicted octanol–water partition coefficient (Wildman–Crippen LogP) is 2.37. The molecule has 0 saturated heterocycles. The monoisotopic (exact) mass is 303 g/mol. The number of aryl methyl sites for hydroxylation is 3. The van der Waals surface area contributed by atoms with Crippen molar-refractivity contribution in [2.45, 2.75) is 33.6 Å².